The molecule has 3 aliphatic rings. The summed E-state index contributed by atoms with van der Waals surface area (Å²) in [7, 11) is 0. The summed E-state index contributed by atoms with van der Waals surface area (Å²) >= 11 is 0. The Morgan fingerprint density at radius 1 is 1.06 bits per heavy atom. The highest BCUT2D eigenvalue weighted by Gasteiger charge is 2.46. The van der Waals surface area contributed by atoms with Crippen LogP contribution in [0.3, 0.4) is 0 Å². The van der Waals surface area contributed by atoms with Crippen molar-refractivity contribution in [1.82, 2.24) is 15.5 Å². The Morgan fingerprint density at radius 2 is 1.76 bits per heavy atom. The highest BCUT2D eigenvalue weighted by Crippen LogP contribution is 2.35. The summed E-state index contributed by atoms with van der Waals surface area (Å²) in [5, 5.41) is 4.78. The Labute approximate surface area is 192 Å². The molecule has 1 atom stereocenters. The van der Waals surface area contributed by atoms with E-state index >= 15 is 0 Å². The van der Waals surface area contributed by atoms with Gasteiger partial charge in [0.2, 0.25) is 17.7 Å². The van der Waals surface area contributed by atoms with Gasteiger partial charge in [0.1, 0.15) is 6.04 Å². The van der Waals surface area contributed by atoms with Crippen molar-refractivity contribution in [2.45, 2.75) is 56.8 Å². The zero-order valence-corrected chi connectivity index (χ0v) is 18.1. The van der Waals surface area contributed by atoms with Crippen LogP contribution in [0, 0.1) is 0 Å². The largest absolute Gasteiger partial charge is 0.389 e. The van der Waals surface area contributed by atoms with E-state index in [-0.39, 0.29) is 30.0 Å². The van der Waals surface area contributed by atoms with Gasteiger partial charge in [-0.05, 0) is 31.4 Å². The molecule has 0 saturated carbocycles. The second-order valence-corrected chi connectivity index (χ2v) is 8.59. The van der Waals surface area contributed by atoms with Crippen LogP contribution in [-0.2, 0) is 14.4 Å². The molecule has 0 spiro atoms. The molecule has 0 radical (unpaired) electrons. The molecular formula is C22H23F3N4O5. The molecule has 0 aromatic heterocycles. The summed E-state index contributed by atoms with van der Waals surface area (Å²) < 4.78 is 36.9. The maximum absolute atomic E-state index is 13.2. The number of fused-ring (bicyclic) bond motifs is 1. The molecule has 9 nitrogen and oxygen atoms in total. The highest BCUT2D eigenvalue weighted by atomic mass is 19.4. The summed E-state index contributed by atoms with van der Waals surface area (Å²) in [5.74, 6) is -2.99. The van der Waals surface area contributed by atoms with Crippen molar-refractivity contribution < 1.29 is 37.1 Å². The molecule has 1 aromatic rings. The number of anilines is 1. The van der Waals surface area contributed by atoms with Gasteiger partial charge in [-0.1, -0.05) is 6.07 Å². The van der Waals surface area contributed by atoms with Gasteiger partial charge in [-0.3, -0.25) is 34.2 Å². The average molecular weight is 480 g/mol. The molecule has 0 aliphatic carbocycles. The summed E-state index contributed by atoms with van der Waals surface area (Å²) in [4.78, 5) is 64.5. The van der Waals surface area contributed by atoms with Gasteiger partial charge in [-0.2, -0.15) is 13.2 Å². The number of rotatable bonds is 5. The Morgan fingerprint density at radius 3 is 2.41 bits per heavy atom. The SMILES string of the molecule is O=C1CCC(N2C(=O)c3cccc(N4CCC(NC(=O)CCC(F)(F)F)CC4)c3C2=O)C(=O)N1. The van der Waals surface area contributed by atoms with Gasteiger partial charge in [-0.25, -0.2) is 0 Å². The minimum absolute atomic E-state index is 0.0267. The van der Waals surface area contributed by atoms with E-state index in [0.717, 1.165) is 4.90 Å². The number of carbonyl (C=O) groups is 5. The first-order valence-electron chi connectivity index (χ1n) is 11.0. The van der Waals surface area contributed by atoms with Gasteiger partial charge in [0.15, 0.2) is 0 Å². The standard InChI is InChI=1S/C22H23F3N4O5/c23-22(24,25)9-6-17(31)26-12-7-10-28(11-8-12)14-3-1-2-13-18(14)21(34)29(20(13)33)15-4-5-16(30)27-19(15)32/h1-3,12,15H,4-11H2,(H,26,31)(H,27,30,32). The normalized spacial score (nSPS) is 21.6. The number of hydrogen-bond acceptors (Lipinski definition) is 6. The molecule has 1 aromatic carbocycles. The van der Waals surface area contributed by atoms with Crippen LogP contribution in [0.4, 0.5) is 18.9 Å². The summed E-state index contributed by atoms with van der Waals surface area (Å²) in [6.07, 6.45) is -5.18. The number of amides is 5. The van der Waals surface area contributed by atoms with E-state index in [2.05, 4.69) is 10.6 Å². The molecule has 182 valence electrons. The lowest BCUT2D eigenvalue weighted by Gasteiger charge is -2.35. The molecule has 1 unspecified atom stereocenters. The third-order valence-corrected chi connectivity index (χ3v) is 6.28. The first kappa shape index (κ1) is 23.7. The van der Waals surface area contributed by atoms with Crippen LogP contribution in [0.2, 0.25) is 0 Å². The number of halogens is 3. The third kappa shape index (κ3) is 4.75. The summed E-state index contributed by atoms with van der Waals surface area (Å²) in [6, 6.07) is 3.50. The van der Waals surface area contributed by atoms with Crippen molar-refractivity contribution in [3.8, 4) is 0 Å². The van der Waals surface area contributed by atoms with E-state index in [4.69, 9.17) is 0 Å². The van der Waals surface area contributed by atoms with Crippen molar-refractivity contribution in [2.24, 2.45) is 0 Å². The fraction of sp³-hybridized carbons (Fsp3) is 0.500. The topological polar surface area (TPSA) is 116 Å². The molecule has 5 amide bonds. The quantitative estimate of drug-likeness (QED) is 0.618. The first-order valence-corrected chi connectivity index (χ1v) is 11.0. The van der Waals surface area contributed by atoms with E-state index < -0.39 is 54.6 Å². The van der Waals surface area contributed by atoms with Crippen molar-refractivity contribution in [2.75, 3.05) is 18.0 Å². The number of benzene rings is 1. The second kappa shape index (κ2) is 9.07. The first-order chi connectivity index (χ1) is 16.0. The van der Waals surface area contributed by atoms with Crippen LogP contribution < -0.4 is 15.5 Å². The molecule has 2 fully saturated rings. The zero-order chi connectivity index (χ0) is 24.6. The van der Waals surface area contributed by atoms with Crippen LogP contribution in [0.15, 0.2) is 18.2 Å². The predicted molar refractivity (Wildman–Crippen MR) is 112 cm³/mol. The minimum atomic E-state index is -4.39. The molecule has 12 heteroatoms. The number of nitrogens with one attached hydrogen (secondary N) is 2. The Kier molecular flexibility index (Phi) is 6.32. The van der Waals surface area contributed by atoms with Crippen LogP contribution in [-0.4, -0.2) is 65.8 Å². The van der Waals surface area contributed by atoms with E-state index in [1.54, 1.807) is 12.1 Å². The van der Waals surface area contributed by atoms with Crippen LogP contribution in [0.5, 0.6) is 0 Å². The molecule has 2 saturated heterocycles. The monoisotopic (exact) mass is 480 g/mol. The highest BCUT2D eigenvalue weighted by molar-refractivity contribution is 6.25. The number of carbonyl (C=O) groups excluding carboxylic acids is 5. The van der Waals surface area contributed by atoms with Crippen molar-refractivity contribution in [1.29, 1.82) is 0 Å². The Hall–Kier alpha value is -3.44. The van der Waals surface area contributed by atoms with Gasteiger partial charge >= 0.3 is 6.18 Å². The molecule has 34 heavy (non-hydrogen) atoms. The van der Waals surface area contributed by atoms with Crippen LogP contribution >= 0.6 is 0 Å². The maximum Gasteiger partial charge on any atom is 0.389 e. The van der Waals surface area contributed by atoms with Gasteiger partial charge < -0.3 is 10.2 Å². The van der Waals surface area contributed by atoms with E-state index in [1.165, 1.54) is 6.07 Å². The number of alkyl halides is 3. The molecule has 0 bridgehead atoms. The fourth-order valence-electron chi connectivity index (χ4n) is 4.58. The number of hydrogen-bond donors (Lipinski definition) is 2. The average Bonchev–Trinajstić information content (AvgIpc) is 3.03. The van der Waals surface area contributed by atoms with E-state index in [9.17, 15) is 37.1 Å². The molecule has 2 N–H and O–H groups in total. The third-order valence-electron chi connectivity index (χ3n) is 6.28. The Bertz CT molecular complexity index is 1050. The minimum Gasteiger partial charge on any atom is -0.371 e. The van der Waals surface area contributed by atoms with E-state index in [1.807, 2.05) is 4.90 Å². The lowest BCUT2D eigenvalue weighted by Crippen LogP contribution is -2.54. The van der Waals surface area contributed by atoms with Gasteiger partial charge in [0.25, 0.3) is 11.8 Å². The van der Waals surface area contributed by atoms with Crippen LogP contribution in [0.1, 0.15) is 59.2 Å². The maximum atomic E-state index is 13.2. The fourth-order valence-corrected chi connectivity index (χ4v) is 4.58. The van der Waals surface area contributed by atoms with Crippen molar-refractivity contribution in [3.05, 3.63) is 29.3 Å². The number of nitrogens with zero attached hydrogens (tertiary/aromatic N) is 2. The second-order valence-electron chi connectivity index (χ2n) is 8.59. The summed E-state index contributed by atoms with van der Waals surface area (Å²) in [6.45, 7) is 0.834. The lowest BCUT2D eigenvalue weighted by atomic mass is 10.0. The molecule has 3 aliphatic heterocycles. The molecule has 4 rings (SSSR count). The van der Waals surface area contributed by atoms with Crippen LogP contribution in [0.25, 0.3) is 0 Å². The zero-order valence-electron chi connectivity index (χ0n) is 18.1. The van der Waals surface area contributed by atoms with Crippen molar-refractivity contribution in [3.63, 3.8) is 0 Å². The van der Waals surface area contributed by atoms with Gasteiger partial charge in [0.05, 0.1) is 23.2 Å². The molecular weight excluding hydrogens is 457 g/mol. The van der Waals surface area contributed by atoms with Gasteiger partial charge in [0, 0.05) is 32.0 Å². The Balaban J connectivity index is 1.43. The summed E-state index contributed by atoms with van der Waals surface area (Å²) in [5.41, 5.74) is 0.882. The van der Waals surface area contributed by atoms with Gasteiger partial charge in [-0.15, -0.1) is 0 Å². The number of imide groups is 2. The smallest absolute Gasteiger partial charge is 0.371 e. The number of piperidine rings is 2. The van der Waals surface area contributed by atoms with E-state index in [0.29, 0.717) is 31.6 Å². The predicted octanol–water partition coefficient (Wildman–Crippen LogP) is 1.52. The lowest BCUT2D eigenvalue weighted by molar-refractivity contribution is -0.144. The van der Waals surface area contributed by atoms with Crippen molar-refractivity contribution >= 4 is 35.2 Å². The molecule has 3 heterocycles.